The molecule has 6 N–H and O–H groups in total. The second-order valence-electron chi connectivity index (χ2n) is 11.1. The number of aromatic nitrogens is 4. The molecule has 3 aliphatic carbocycles. The van der Waals surface area contributed by atoms with Crippen molar-refractivity contribution in [3.63, 3.8) is 0 Å². The van der Waals surface area contributed by atoms with Gasteiger partial charge in [-0.15, -0.1) is 11.3 Å². The minimum absolute atomic E-state index is 0.358. The van der Waals surface area contributed by atoms with Crippen LogP contribution < -0.4 is 10.6 Å². The lowest BCUT2D eigenvalue weighted by atomic mass is 9.83. The SMILES string of the molecule is Cc1nc(NCC2(O)CC2)nc(N[C@@H]2C[C@H](C3(O)CCCC3)[C@@H](O)[C@H]2O)c1-c1nc2c(C)nccc2s1. The number of aliphatic hydroxyl groups excluding tert-OH is 2. The van der Waals surface area contributed by atoms with Crippen molar-refractivity contribution in [3.05, 3.63) is 23.7 Å². The smallest absolute Gasteiger partial charge is 0.225 e. The molecule has 3 saturated carbocycles. The van der Waals surface area contributed by atoms with E-state index in [1.165, 1.54) is 11.3 Å². The third-order valence-corrected chi connectivity index (χ3v) is 9.40. The summed E-state index contributed by atoms with van der Waals surface area (Å²) in [6.45, 7) is 4.17. The molecule has 6 rings (SSSR count). The molecular formula is C26H34N6O4S. The summed E-state index contributed by atoms with van der Waals surface area (Å²) in [5.41, 5.74) is 1.42. The van der Waals surface area contributed by atoms with Crippen LogP contribution >= 0.6 is 11.3 Å². The number of hydrogen-bond donors (Lipinski definition) is 6. The van der Waals surface area contributed by atoms with E-state index in [1.54, 1.807) is 6.20 Å². The zero-order valence-electron chi connectivity index (χ0n) is 21.1. The van der Waals surface area contributed by atoms with Crippen LogP contribution in [0.25, 0.3) is 20.8 Å². The first-order chi connectivity index (χ1) is 17.7. The fraction of sp³-hybridized carbons (Fsp3) is 0.615. The summed E-state index contributed by atoms with van der Waals surface area (Å²) < 4.78 is 1.01. The van der Waals surface area contributed by atoms with E-state index < -0.39 is 35.4 Å². The zero-order chi connectivity index (χ0) is 25.9. The third-order valence-electron chi connectivity index (χ3n) is 8.36. The molecule has 3 aromatic heterocycles. The van der Waals surface area contributed by atoms with Crippen LogP contribution in [0.1, 0.15) is 56.3 Å². The number of nitrogens with zero attached hydrogens (tertiary/aromatic N) is 4. The van der Waals surface area contributed by atoms with Gasteiger partial charge < -0.3 is 31.1 Å². The van der Waals surface area contributed by atoms with E-state index >= 15 is 0 Å². The van der Waals surface area contributed by atoms with Gasteiger partial charge >= 0.3 is 0 Å². The van der Waals surface area contributed by atoms with Gasteiger partial charge in [0.25, 0.3) is 0 Å². The number of aryl methyl sites for hydroxylation is 2. The van der Waals surface area contributed by atoms with Gasteiger partial charge in [0.1, 0.15) is 22.4 Å². The number of rotatable bonds is 7. The van der Waals surface area contributed by atoms with Crippen molar-refractivity contribution in [2.75, 3.05) is 17.2 Å². The second kappa shape index (κ2) is 9.09. The van der Waals surface area contributed by atoms with E-state index in [2.05, 4.69) is 20.6 Å². The van der Waals surface area contributed by atoms with E-state index in [4.69, 9.17) is 9.97 Å². The third kappa shape index (κ3) is 4.57. The second-order valence-corrected chi connectivity index (χ2v) is 12.1. The summed E-state index contributed by atoms with van der Waals surface area (Å²) in [6.07, 6.45) is 4.74. The van der Waals surface area contributed by atoms with Crippen molar-refractivity contribution in [1.82, 2.24) is 19.9 Å². The van der Waals surface area contributed by atoms with Crippen molar-refractivity contribution in [3.8, 4) is 10.6 Å². The normalized spacial score (nSPS) is 28.1. The summed E-state index contributed by atoms with van der Waals surface area (Å²) in [7, 11) is 0. The quantitative estimate of drug-likeness (QED) is 0.270. The predicted octanol–water partition coefficient (Wildman–Crippen LogP) is 2.53. The Hall–Kier alpha value is -2.44. The van der Waals surface area contributed by atoms with Crippen LogP contribution in [-0.4, -0.2) is 76.4 Å². The largest absolute Gasteiger partial charge is 0.390 e. The number of anilines is 2. The van der Waals surface area contributed by atoms with Gasteiger partial charge in [-0.25, -0.2) is 9.97 Å². The number of pyridine rings is 1. The van der Waals surface area contributed by atoms with Crippen LogP contribution in [0, 0.1) is 19.8 Å². The van der Waals surface area contributed by atoms with Crippen LogP contribution in [-0.2, 0) is 0 Å². The molecule has 10 nitrogen and oxygen atoms in total. The fourth-order valence-corrected chi connectivity index (χ4v) is 7.02. The molecule has 0 amide bonds. The molecule has 0 unspecified atom stereocenters. The van der Waals surface area contributed by atoms with Gasteiger partial charge in [0.2, 0.25) is 5.95 Å². The van der Waals surface area contributed by atoms with Gasteiger partial charge in [0.05, 0.1) is 45.0 Å². The van der Waals surface area contributed by atoms with E-state index in [9.17, 15) is 20.4 Å². The molecule has 198 valence electrons. The maximum Gasteiger partial charge on any atom is 0.225 e. The minimum Gasteiger partial charge on any atom is -0.390 e. The first-order valence-corrected chi connectivity index (χ1v) is 13.9. The van der Waals surface area contributed by atoms with Gasteiger partial charge in [0.15, 0.2) is 0 Å². The molecule has 4 atom stereocenters. The lowest BCUT2D eigenvalue weighted by Gasteiger charge is -2.32. The molecular weight excluding hydrogens is 492 g/mol. The van der Waals surface area contributed by atoms with Crippen LogP contribution in [0.3, 0.4) is 0 Å². The molecule has 11 heteroatoms. The van der Waals surface area contributed by atoms with Crippen LogP contribution in [0.5, 0.6) is 0 Å². The van der Waals surface area contributed by atoms with Crippen molar-refractivity contribution in [1.29, 1.82) is 0 Å². The number of fused-ring (bicyclic) bond motifs is 1. The standard InChI is InChI=1S/C26H34N6O4S/c1-13-18(23-31-19-14(2)27-10-5-17(19)37-23)22(32-24(29-13)28-12-25(35)8-9-25)30-16-11-15(20(33)21(16)34)26(36)6-3-4-7-26/h5,10,15-16,20-21,33-36H,3-4,6-9,11-12H2,1-2H3,(H2,28,29,30,32)/t15-,16+,20+,21-/m0/s1. The van der Waals surface area contributed by atoms with Gasteiger partial charge in [-0.3, -0.25) is 4.98 Å². The van der Waals surface area contributed by atoms with Gasteiger partial charge in [-0.1, -0.05) is 12.8 Å². The van der Waals surface area contributed by atoms with Gasteiger partial charge in [-0.05, 0) is 52.0 Å². The van der Waals surface area contributed by atoms with Gasteiger partial charge in [-0.2, -0.15) is 4.98 Å². The lowest BCUT2D eigenvalue weighted by molar-refractivity contribution is -0.0763. The van der Waals surface area contributed by atoms with E-state index in [1.807, 2.05) is 19.9 Å². The lowest BCUT2D eigenvalue weighted by Crippen LogP contribution is -2.42. The highest BCUT2D eigenvalue weighted by molar-refractivity contribution is 7.21. The Morgan fingerprint density at radius 3 is 2.46 bits per heavy atom. The maximum atomic E-state index is 11.2. The van der Waals surface area contributed by atoms with Crippen molar-refractivity contribution in [2.45, 2.75) is 88.2 Å². The van der Waals surface area contributed by atoms with Crippen molar-refractivity contribution in [2.24, 2.45) is 5.92 Å². The molecule has 3 heterocycles. The molecule has 3 fully saturated rings. The number of thiazole rings is 1. The summed E-state index contributed by atoms with van der Waals surface area (Å²) in [5.74, 6) is 0.464. The minimum atomic E-state index is -1.05. The number of nitrogens with one attached hydrogen (secondary N) is 2. The highest BCUT2D eigenvalue weighted by Gasteiger charge is 2.52. The molecule has 0 aliphatic heterocycles. The van der Waals surface area contributed by atoms with Crippen molar-refractivity contribution < 1.29 is 20.4 Å². The molecule has 3 aliphatic rings. The Balaban J connectivity index is 1.36. The molecule has 0 bridgehead atoms. The molecule has 0 aromatic carbocycles. The maximum absolute atomic E-state index is 11.2. The summed E-state index contributed by atoms with van der Waals surface area (Å²) in [5, 5.41) is 50.6. The molecule has 0 radical (unpaired) electrons. The fourth-order valence-electron chi connectivity index (χ4n) is 5.91. The average Bonchev–Trinajstić information content (AvgIpc) is 3.16. The van der Waals surface area contributed by atoms with Crippen LogP contribution in [0.2, 0.25) is 0 Å². The molecule has 37 heavy (non-hydrogen) atoms. The highest BCUT2D eigenvalue weighted by Crippen LogP contribution is 2.45. The summed E-state index contributed by atoms with van der Waals surface area (Å²) in [4.78, 5) is 18.6. The number of hydrogen-bond acceptors (Lipinski definition) is 11. The Bertz CT molecular complexity index is 1320. The topological polar surface area (TPSA) is 157 Å². The Labute approximate surface area is 219 Å². The predicted molar refractivity (Wildman–Crippen MR) is 142 cm³/mol. The van der Waals surface area contributed by atoms with Crippen LogP contribution in [0.15, 0.2) is 12.3 Å². The molecule has 3 aromatic rings. The highest BCUT2D eigenvalue weighted by atomic mass is 32.1. The van der Waals surface area contributed by atoms with E-state index in [0.29, 0.717) is 43.3 Å². The van der Waals surface area contributed by atoms with Gasteiger partial charge in [0, 0.05) is 18.7 Å². The zero-order valence-corrected chi connectivity index (χ0v) is 21.9. The first-order valence-electron chi connectivity index (χ1n) is 13.1. The van der Waals surface area contributed by atoms with E-state index in [-0.39, 0.29) is 0 Å². The van der Waals surface area contributed by atoms with Crippen molar-refractivity contribution >= 4 is 33.3 Å². The summed E-state index contributed by atoms with van der Waals surface area (Å²) in [6, 6.07) is 1.43. The summed E-state index contributed by atoms with van der Waals surface area (Å²) >= 11 is 1.52. The first kappa shape index (κ1) is 24.9. The molecule has 0 saturated heterocycles. The Morgan fingerprint density at radius 1 is 1.00 bits per heavy atom. The number of aliphatic hydroxyl groups is 4. The Morgan fingerprint density at radius 2 is 1.76 bits per heavy atom. The molecule has 0 spiro atoms. The van der Waals surface area contributed by atoms with E-state index in [0.717, 1.165) is 52.2 Å². The average molecular weight is 527 g/mol. The monoisotopic (exact) mass is 526 g/mol. The van der Waals surface area contributed by atoms with Crippen LogP contribution in [0.4, 0.5) is 11.8 Å². The Kier molecular flexibility index (Phi) is 6.11.